The maximum absolute atomic E-state index is 12.4. The van der Waals surface area contributed by atoms with Crippen LogP contribution >= 0.6 is 0 Å². The lowest BCUT2D eigenvalue weighted by Crippen LogP contribution is -2.28. The fourth-order valence-corrected chi connectivity index (χ4v) is 10.7. The molecular formula is C71H134O5. The Balaban J connectivity index is 3.39. The number of aliphatic hydroxyl groups excluding tert-OH is 1. The maximum atomic E-state index is 12.4. The molecule has 76 heavy (non-hydrogen) atoms. The van der Waals surface area contributed by atoms with E-state index in [1.807, 2.05) is 0 Å². The second kappa shape index (κ2) is 67.4. The van der Waals surface area contributed by atoms with Crippen molar-refractivity contribution in [3.8, 4) is 0 Å². The third-order valence-corrected chi connectivity index (χ3v) is 15.9. The number of unbranched alkanes of at least 4 members (excludes halogenated alkanes) is 51. The zero-order chi connectivity index (χ0) is 54.8. The Hall–Kier alpha value is -1.88. The van der Waals surface area contributed by atoms with E-state index in [1.54, 1.807) is 0 Å². The second-order valence-corrected chi connectivity index (χ2v) is 23.6. The molecule has 5 nitrogen and oxygen atoms in total. The summed E-state index contributed by atoms with van der Waals surface area (Å²) in [5.41, 5.74) is 0. The first-order chi connectivity index (χ1) is 37.6. The van der Waals surface area contributed by atoms with Crippen LogP contribution in [0, 0.1) is 0 Å². The molecule has 0 amide bonds. The van der Waals surface area contributed by atoms with Crippen molar-refractivity contribution in [2.45, 2.75) is 392 Å². The van der Waals surface area contributed by atoms with Crippen molar-refractivity contribution >= 4 is 11.9 Å². The molecule has 0 saturated heterocycles. The van der Waals surface area contributed by atoms with Crippen molar-refractivity contribution in [2.24, 2.45) is 0 Å². The molecule has 0 heterocycles. The van der Waals surface area contributed by atoms with Crippen LogP contribution in [0.4, 0.5) is 0 Å². The van der Waals surface area contributed by atoms with Gasteiger partial charge in [-0.15, -0.1) is 0 Å². The normalized spacial score (nSPS) is 12.3. The van der Waals surface area contributed by atoms with Gasteiger partial charge in [-0.3, -0.25) is 9.59 Å². The minimum Gasteiger partial charge on any atom is -0.462 e. The van der Waals surface area contributed by atoms with E-state index in [1.165, 1.54) is 321 Å². The summed E-state index contributed by atoms with van der Waals surface area (Å²) in [4.78, 5) is 24.6. The molecule has 0 aromatic heterocycles. The molecule has 0 aliphatic rings. The molecule has 0 radical (unpaired) electrons. The highest BCUT2D eigenvalue weighted by molar-refractivity contribution is 5.70. The van der Waals surface area contributed by atoms with Gasteiger partial charge in [0.05, 0.1) is 6.61 Å². The van der Waals surface area contributed by atoms with Gasteiger partial charge in [0, 0.05) is 12.8 Å². The molecule has 0 saturated carbocycles. The smallest absolute Gasteiger partial charge is 0.306 e. The third kappa shape index (κ3) is 64.6. The van der Waals surface area contributed by atoms with E-state index in [-0.39, 0.29) is 25.2 Å². The molecular weight excluding hydrogens is 933 g/mol. The van der Waals surface area contributed by atoms with Crippen molar-refractivity contribution in [3.63, 3.8) is 0 Å². The molecule has 1 unspecified atom stereocenters. The molecule has 0 aromatic rings. The Kier molecular flexibility index (Phi) is 65.7. The molecule has 0 spiro atoms. The van der Waals surface area contributed by atoms with Crippen LogP contribution in [0.1, 0.15) is 386 Å². The van der Waals surface area contributed by atoms with Crippen LogP contribution in [0.15, 0.2) is 36.5 Å². The van der Waals surface area contributed by atoms with Gasteiger partial charge in [0.25, 0.3) is 0 Å². The van der Waals surface area contributed by atoms with Crippen molar-refractivity contribution in [1.29, 1.82) is 0 Å². The van der Waals surface area contributed by atoms with Crippen LogP contribution in [0.2, 0.25) is 0 Å². The molecule has 5 heteroatoms. The number of esters is 2. The highest BCUT2D eigenvalue weighted by Gasteiger charge is 2.16. The Morgan fingerprint density at radius 3 is 0.789 bits per heavy atom. The van der Waals surface area contributed by atoms with Gasteiger partial charge in [-0.25, -0.2) is 0 Å². The van der Waals surface area contributed by atoms with Crippen molar-refractivity contribution in [1.82, 2.24) is 0 Å². The lowest BCUT2D eigenvalue weighted by Gasteiger charge is -2.15. The highest BCUT2D eigenvalue weighted by atomic mass is 16.6. The zero-order valence-electron chi connectivity index (χ0n) is 51.5. The summed E-state index contributed by atoms with van der Waals surface area (Å²) < 4.78 is 10.8. The second-order valence-electron chi connectivity index (χ2n) is 23.6. The van der Waals surface area contributed by atoms with Gasteiger partial charge < -0.3 is 14.6 Å². The number of aliphatic hydroxyl groups is 1. The van der Waals surface area contributed by atoms with E-state index in [0.717, 1.165) is 38.5 Å². The lowest BCUT2D eigenvalue weighted by molar-refractivity contribution is -0.161. The van der Waals surface area contributed by atoms with Crippen LogP contribution in [-0.4, -0.2) is 36.4 Å². The molecule has 0 fully saturated rings. The number of hydrogen-bond donors (Lipinski definition) is 1. The van der Waals surface area contributed by atoms with Crippen LogP contribution in [0.3, 0.4) is 0 Å². The Bertz CT molecular complexity index is 1210. The van der Waals surface area contributed by atoms with E-state index in [9.17, 15) is 14.7 Å². The van der Waals surface area contributed by atoms with Gasteiger partial charge in [-0.1, -0.05) is 339 Å². The van der Waals surface area contributed by atoms with Crippen LogP contribution in [0.5, 0.6) is 0 Å². The van der Waals surface area contributed by atoms with Gasteiger partial charge in [-0.05, 0) is 70.6 Å². The number of hydrogen-bond acceptors (Lipinski definition) is 5. The number of allylic oxidation sites excluding steroid dienone is 6. The van der Waals surface area contributed by atoms with Gasteiger partial charge >= 0.3 is 11.9 Å². The molecule has 448 valence electrons. The molecule has 0 aliphatic carbocycles. The van der Waals surface area contributed by atoms with Gasteiger partial charge in [0.15, 0.2) is 6.10 Å². The Morgan fingerprint density at radius 1 is 0.303 bits per heavy atom. The summed E-state index contributed by atoms with van der Waals surface area (Å²) in [7, 11) is 0. The average molecular weight is 1070 g/mol. The number of rotatable bonds is 65. The molecule has 0 bridgehead atoms. The van der Waals surface area contributed by atoms with Crippen molar-refractivity contribution in [3.05, 3.63) is 36.5 Å². The van der Waals surface area contributed by atoms with Crippen molar-refractivity contribution in [2.75, 3.05) is 13.2 Å². The van der Waals surface area contributed by atoms with E-state index < -0.39 is 6.10 Å². The first-order valence-electron chi connectivity index (χ1n) is 34.5. The summed E-state index contributed by atoms with van der Waals surface area (Å²) in [6.45, 7) is 4.19. The maximum Gasteiger partial charge on any atom is 0.306 e. The molecule has 0 aromatic carbocycles. The quantitative estimate of drug-likeness (QED) is 0.0373. The van der Waals surface area contributed by atoms with E-state index in [4.69, 9.17) is 9.47 Å². The fourth-order valence-electron chi connectivity index (χ4n) is 10.7. The predicted octanol–water partition coefficient (Wildman–Crippen LogP) is 23.8. The fraction of sp³-hybridized carbons (Fsp3) is 0.887. The van der Waals surface area contributed by atoms with E-state index in [2.05, 4.69) is 50.3 Å². The minimum absolute atomic E-state index is 0.0593. The van der Waals surface area contributed by atoms with E-state index in [0.29, 0.717) is 12.8 Å². The highest BCUT2D eigenvalue weighted by Crippen LogP contribution is 2.19. The summed E-state index contributed by atoms with van der Waals surface area (Å²) in [6, 6.07) is 0. The van der Waals surface area contributed by atoms with Gasteiger partial charge in [0.1, 0.15) is 6.61 Å². The monoisotopic (exact) mass is 1070 g/mol. The molecule has 0 rings (SSSR count). The standard InChI is InChI=1S/C71H134O5/c1-3-5-7-9-11-13-15-17-19-21-23-25-27-29-31-33-34-35-36-38-40-42-44-46-48-50-52-54-56-58-60-62-64-66-71(74)76-69(67-72)68-75-70(73)65-63-61-59-57-55-53-51-49-47-45-43-41-39-37-32-30-28-26-24-22-20-18-16-14-12-10-8-6-4-2/h15,17,21-24,69,72H,3-14,16,18-20,25-68H2,1-2H3/b17-15-,23-21-,24-22-. The SMILES string of the molecule is CCCCCCC/C=C\C/C=C\CCCCCCCCCCCCCCCCCCCCCCCC(=O)OC(CO)COC(=O)CCCCCCCCCCCCCCCCCCC/C=C\CCCCCCCCCC. The van der Waals surface area contributed by atoms with Gasteiger partial charge in [0.2, 0.25) is 0 Å². The first kappa shape index (κ1) is 74.1. The predicted molar refractivity (Wildman–Crippen MR) is 334 cm³/mol. The zero-order valence-corrected chi connectivity index (χ0v) is 51.5. The summed E-state index contributed by atoms with van der Waals surface area (Å²) in [5, 5.41) is 9.70. The lowest BCUT2D eigenvalue weighted by atomic mass is 10.0. The summed E-state index contributed by atoms with van der Waals surface area (Å²) in [6.07, 6.45) is 88.9. The molecule has 0 aliphatic heterocycles. The minimum atomic E-state index is -0.770. The summed E-state index contributed by atoms with van der Waals surface area (Å²) in [5.74, 6) is -0.566. The Morgan fingerprint density at radius 2 is 0.526 bits per heavy atom. The number of carbonyl (C=O) groups is 2. The topological polar surface area (TPSA) is 72.8 Å². The van der Waals surface area contributed by atoms with Crippen LogP contribution < -0.4 is 0 Å². The molecule has 1 N–H and O–H groups in total. The molecule has 1 atom stereocenters. The van der Waals surface area contributed by atoms with Gasteiger partial charge in [-0.2, -0.15) is 0 Å². The average Bonchev–Trinajstić information content (AvgIpc) is 3.42. The summed E-state index contributed by atoms with van der Waals surface area (Å²) >= 11 is 0. The number of ether oxygens (including phenoxy) is 2. The number of carbonyl (C=O) groups excluding carboxylic acids is 2. The van der Waals surface area contributed by atoms with Crippen molar-refractivity contribution < 1.29 is 24.2 Å². The largest absolute Gasteiger partial charge is 0.462 e. The first-order valence-corrected chi connectivity index (χ1v) is 34.5. The van der Waals surface area contributed by atoms with E-state index >= 15 is 0 Å². The Labute approximate surface area is 476 Å². The third-order valence-electron chi connectivity index (χ3n) is 15.9. The van der Waals surface area contributed by atoms with Crippen LogP contribution in [-0.2, 0) is 19.1 Å². The van der Waals surface area contributed by atoms with Crippen LogP contribution in [0.25, 0.3) is 0 Å².